The van der Waals surface area contributed by atoms with E-state index in [0.29, 0.717) is 13.2 Å². The van der Waals surface area contributed by atoms with Gasteiger partial charge in [0.1, 0.15) is 12.6 Å². The summed E-state index contributed by atoms with van der Waals surface area (Å²) in [5, 5.41) is 0. The summed E-state index contributed by atoms with van der Waals surface area (Å²) in [7, 11) is 0. The first-order valence-electron chi connectivity index (χ1n) is 4.65. The van der Waals surface area contributed by atoms with E-state index in [-0.39, 0.29) is 13.0 Å². The van der Waals surface area contributed by atoms with E-state index in [4.69, 9.17) is 21.6 Å². The summed E-state index contributed by atoms with van der Waals surface area (Å²) in [6.07, 6.45) is 6.15. The Balaban J connectivity index is 3.40. The lowest BCUT2D eigenvalue weighted by Crippen LogP contribution is -2.32. The molecular weight excluding hydrogens is 182 g/mol. The molecular formula is C10H17NO3. The minimum absolute atomic E-state index is 0.203. The third kappa shape index (κ3) is 6.46. The minimum atomic E-state index is -0.717. The number of ether oxygens (including phenoxy) is 2. The Labute approximate surface area is 84.8 Å². The van der Waals surface area contributed by atoms with Gasteiger partial charge in [0, 0.05) is 13.0 Å². The second-order valence-corrected chi connectivity index (χ2v) is 2.79. The molecule has 0 aromatic carbocycles. The molecule has 0 fully saturated rings. The van der Waals surface area contributed by atoms with Crippen molar-refractivity contribution in [2.45, 2.75) is 25.8 Å². The first-order valence-corrected chi connectivity index (χ1v) is 4.65. The second kappa shape index (κ2) is 8.54. The van der Waals surface area contributed by atoms with Gasteiger partial charge in [-0.05, 0) is 6.42 Å². The van der Waals surface area contributed by atoms with E-state index in [1.54, 1.807) is 0 Å². The van der Waals surface area contributed by atoms with E-state index in [1.165, 1.54) is 0 Å². The number of rotatable bonds is 7. The summed E-state index contributed by atoms with van der Waals surface area (Å²) < 4.78 is 9.93. The predicted octanol–water partition coefficient (Wildman–Crippen LogP) is 0.307. The smallest absolute Gasteiger partial charge is 0.323 e. The molecule has 1 unspecified atom stereocenters. The number of terminal acetylenes is 1. The number of carbonyl (C=O) groups is 1. The highest BCUT2D eigenvalue weighted by Crippen LogP contribution is 1.91. The van der Waals surface area contributed by atoms with Gasteiger partial charge < -0.3 is 15.2 Å². The van der Waals surface area contributed by atoms with E-state index >= 15 is 0 Å². The van der Waals surface area contributed by atoms with Gasteiger partial charge in [0.05, 0.1) is 6.61 Å². The Morgan fingerprint density at radius 2 is 2.21 bits per heavy atom. The molecule has 0 saturated carbocycles. The van der Waals surface area contributed by atoms with Crippen molar-refractivity contribution in [1.29, 1.82) is 0 Å². The van der Waals surface area contributed by atoms with Crippen LogP contribution in [0.4, 0.5) is 0 Å². The summed E-state index contributed by atoms with van der Waals surface area (Å²) in [6, 6.07) is -0.717. The topological polar surface area (TPSA) is 61.6 Å². The highest BCUT2D eigenvalue weighted by molar-refractivity contribution is 5.75. The molecule has 0 spiro atoms. The number of carbonyl (C=O) groups excluding carboxylic acids is 1. The first kappa shape index (κ1) is 12.9. The fourth-order valence-electron chi connectivity index (χ4n) is 0.765. The van der Waals surface area contributed by atoms with Crippen molar-refractivity contribution in [3.63, 3.8) is 0 Å². The van der Waals surface area contributed by atoms with Crippen molar-refractivity contribution in [2.75, 3.05) is 19.8 Å². The maximum Gasteiger partial charge on any atom is 0.323 e. The van der Waals surface area contributed by atoms with Crippen LogP contribution in [-0.2, 0) is 14.3 Å². The van der Waals surface area contributed by atoms with Gasteiger partial charge in [0.15, 0.2) is 0 Å². The molecule has 2 N–H and O–H groups in total. The lowest BCUT2D eigenvalue weighted by atomic mass is 10.2. The molecule has 0 bridgehead atoms. The quantitative estimate of drug-likeness (QED) is 0.364. The zero-order valence-corrected chi connectivity index (χ0v) is 8.49. The molecule has 0 aromatic rings. The number of hydrogen-bond donors (Lipinski definition) is 1. The van der Waals surface area contributed by atoms with Crippen molar-refractivity contribution in [3.8, 4) is 12.3 Å². The molecule has 0 heterocycles. The Morgan fingerprint density at radius 1 is 1.50 bits per heavy atom. The van der Waals surface area contributed by atoms with Gasteiger partial charge in [-0.25, -0.2) is 0 Å². The van der Waals surface area contributed by atoms with Crippen LogP contribution >= 0.6 is 0 Å². The normalized spacial score (nSPS) is 11.8. The van der Waals surface area contributed by atoms with Gasteiger partial charge in [-0.2, -0.15) is 0 Å². The third-order valence-corrected chi connectivity index (χ3v) is 1.46. The summed E-state index contributed by atoms with van der Waals surface area (Å²) in [5.41, 5.74) is 5.41. The van der Waals surface area contributed by atoms with Crippen molar-refractivity contribution in [2.24, 2.45) is 5.73 Å². The van der Waals surface area contributed by atoms with Gasteiger partial charge in [0.25, 0.3) is 0 Å². The van der Waals surface area contributed by atoms with Crippen LogP contribution in [0.3, 0.4) is 0 Å². The minimum Gasteiger partial charge on any atom is -0.462 e. The van der Waals surface area contributed by atoms with E-state index in [1.807, 2.05) is 6.92 Å². The van der Waals surface area contributed by atoms with Crippen LogP contribution in [0.1, 0.15) is 19.8 Å². The highest BCUT2D eigenvalue weighted by Gasteiger charge is 2.12. The zero-order chi connectivity index (χ0) is 10.8. The summed E-state index contributed by atoms with van der Waals surface area (Å²) in [4.78, 5) is 11.1. The Bertz CT molecular complexity index is 198. The van der Waals surface area contributed by atoms with Crippen LogP contribution in [0.25, 0.3) is 0 Å². The lowest BCUT2D eigenvalue weighted by molar-refractivity contribution is -0.146. The summed E-state index contributed by atoms with van der Waals surface area (Å²) in [6.45, 7) is 3.32. The zero-order valence-electron chi connectivity index (χ0n) is 8.49. The maximum atomic E-state index is 11.1. The Hall–Kier alpha value is -1.05. The maximum absolute atomic E-state index is 11.1. The van der Waals surface area contributed by atoms with Crippen LogP contribution in [0.15, 0.2) is 0 Å². The van der Waals surface area contributed by atoms with Gasteiger partial charge in [0.2, 0.25) is 0 Å². The molecule has 0 aromatic heterocycles. The highest BCUT2D eigenvalue weighted by atomic mass is 16.6. The van der Waals surface area contributed by atoms with Gasteiger partial charge in [-0.3, -0.25) is 4.79 Å². The monoisotopic (exact) mass is 199 g/mol. The average Bonchev–Trinajstić information content (AvgIpc) is 2.17. The van der Waals surface area contributed by atoms with E-state index in [9.17, 15) is 4.79 Å². The Morgan fingerprint density at radius 3 is 2.79 bits per heavy atom. The van der Waals surface area contributed by atoms with Gasteiger partial charge in [-0.1, -0.05) is 6.92 Å². The van der Waals surface area contributed by atoms with E-state index in [0.717, 1.165) is 6.42 Å². The van der Waals surface area contributed by atoms with Crippen LogP contribution in [0.2, 0.25) is 0 Å². The summed E-state index contributed by atoms with van der Waals surface area (Å²) in [5.74, 6) is 1.83. The van der Waals surface area contributed by atoms with Crippen molar-refractivity contribution >= 4 is 5.97 Å². The molecule has 0 radical (unpaired) electrons. The van der Waals surface area contributed by atoms with Crippen LogP contribution in [0.5, 0.6) is 0 Å². The molecule has 0 aliphatic heterocycles. The molecule has 14 heavy (non-hydrogen) atoms. The number of nitrogens with two attached hydrogens (primary N) is 1. The molecule has 1 atom stereocenters. The van der Waals surface area contributed by atoms with Crippen LogP contribution < -0.4 is 5.73 Å². The van der Waals surface area contributed by atoms with E-state index in [2.05, 4.69) is 5.92 Å². The molecule has 80 valence electrons. The average molecular weight is 199 g/mol. The first-order chi connectivity index (χ1) is 6.72. The second-order valence-electron chi connectivity index (χ2n) is 2.79. The van der Waals surface area contributed by atoms with Crippen molar-refractivity contribution < 1.29 is 14.3 Å². The molecule has 0 aliphatic carbocycles. The van der Waals surface area contributed by atoms with Crippen molar-refractivity contribution in [1.82, 2.24) is 0 Å². The number of esters is 1. The fourth-order valence-corrected chi connectivity index (χ4v) is 0.765. The predicted molar refractivity (Wildman–Crippen MR) is 53.5 cm³/mol. The molecule has 0 saturated heterocycles. The Kier molecular flexibility index (Phi) is 7.90. The fraction of sp³-hybridized carbons (Fsp3) is 0.700. The molecule has 0 amide bonds. The van der Waals surface area contributed by atoms with Crippen LogP contribution in [-0.4, -0.2) is 31.8 Å². The number of hydrogen-bond acceptors (Lipinski definition) is 4. The standard InChI is InChI=1S/C10H17NO3/c1-3-5-9(11)10(12)14-8-7-13-6-4-2/h1,9H,4-8,11H2,2H3. The third-order valence-electron chi connectivity index (χ3n) is 1.46. The molecule has 0 aliphatic rings. The van der Waals surface area contributed by atoms with Gasteiger partial charge >= 0.3 is 5.97 Å². The molecule has 4 heteroatoms. The molecule has 0 rings (SSSR count). The van der Waals surface area contributed by atoms with Gasteiger partial charge in [-0.15, -0.1) is 12.3 Å². The lowest BCUT2D eigenvalue weighted by Gasteiger charge is -2.08. The molecule has 4 nitrogen and oxygen atoms in total. The van der Waals surface area contributed by atoms with Crippen molar-refractivity contribution in [3.05, 3.63) is 0 Å². The SMILES string of the molecule is C#CCC(N)C(=O)OCCOCCC. The summed E-state index contributed by atoms with van der Waals surface area (Å²) >= 11 is 0. The van der Waals surface area contributed by atoms with E-state index < -0.39 is 12.0 Å². The largest absolute Gasteiger partial charge is 0.462 e. The van der Waals surface area contributed by atoms with Crippen LogP contribution in [0, 0.1) is 12.3 Å².